The molecule has 0 radical (unpaired) electrons. The van der Waals surface area contributed by atoms with Crippen LogP contribution in [-0.2, 0) is 14.6 Å². The summed E-state index contributed by atoms with van der Waals surface area (Å²) in [5.41, 5.74) is 0. The number of sulfone groups is 1. The second-order valence-corrected chi connectivity index (χ2v) is 5.64. The molecule has 0 N–H and O–H groups in total. The van der Waals surface area contributed by atoms with Crippen molar-refractivity contribution in [2.24, 2.45) is 5.92 Å². The molecular formula is C11H14O3S. The zero-order valence-electron chi connectivity index (χ0n) is 8.59. The molecule has 15 heavy (non-hydrogen) atoms. The summed E-state index contributed by atoms with van der Waals surface area (Å²) >= 11 is 0. The van der Waals surface area contributed by atoms with E-state index in [9.17, 15) is 13.2 Å². The molecule has 1 atom stereocenters. The molecule has 82 valence electrons. The number of rotatable bonds is 5. The summed E-state index contributed by atoms with van der Waals surface area (Å²) in [5, 5.41) is 0. The second kappa shape index (κ2) is 5.07. The van der Waals surface area contributed by atoms with Gasteiger partial charge in [0.25, 0.3) is 0 Å². The lowest BCUT2D eigenvalue weighted by atomic mass is 10.2. The van der Waals surface area contributed by atoms with Crippen LogP contribution in [0.15, 0.2) is 35.2 Å². The van der Waals surface area contributed by atoms with Crippen molar-refractivity contribution in [3.63, 3.8) is 0 Å². The minimum atomic E-state index is -3.24. The second-order valence-electron chi connectivity index (χ2n) is 3.60. The topological polar surface area (TPSA) is 51.2 Å². The Bertz CT molecular complexity index is 409. The molecule has 0 saturated carbocycles. The van der Waals surface area contributed by atoms with Crippen LogP contribution in [0.3, 0.4) is 0 Å². The van der Waals surface area contributed by atoms with Gasteiger partial charge in [-0.2, -0.15) is 0 Å². The van der Waals surface area contributed by atoms with E-state index in [1.54, 1.807) is 37.3 Å². The molecule has 1 aromatic carbocycles. The van der Waals surface area contributed by atoms with Crippen molar-refractivity contribution < 1.29 is 13.2 Å². The van der Waals surface area contributed by atoms with Crippen molar-refractivity contribution in [1.82, 2.24) is 0 Å². The van der Waals surface area contributed by atoms with Gasteiger partial charge in [0.1, 0.15) is 6.29 Å². The Morgan fingerprint density at radius 1 is 1.27 bits per heavy atom. The molecule has 0 amide bonds. The fourth-order valence-corrected chi connectivity index (χ4v) is 2.98. The Kier molecular flexibility index (Phi) is 4.03. The van der Waals surface area contributed by atoms with E-state index in [0.717, 1.165) is 6.29 Å². The SMILES string of the molecule is CC(CC=O)CS(=O)(=O)c1ccccc1. The smallest absolute Gasteiger partial charge is 0.178 e. The molecule has 0 aromatic heterocycles. The molecule has 4 heteroatoms. The van der Waals surface area contributed by atoms with E-state index in [1.165, 1.54) is 0 Å². The average Bonchev–Trinajstić information content (AvgIpc) is 2.18. The third kappa shape index (κ3) is 3.47. The number of aldehydes is 1. The first-order chi connectivity index (χ1) is 7.06. The maximum Gasteiger partial charge on any atom is 0.178 e. The van der Waals surface area contributed by atoms with Gasteiger partial charge in [-0.05, 0) is 18.1 Å². The standard InChI is InChI=1S/C11H14O3S/c1-10(7-8-12)9-15(13,14)11-5-3-2-4-6-11/h2-6,8,10H,7,9H2,1H3. The molecule has 3 nitrogen and oxygen atoms in total. The minimum absolute atomic E-state index is 0.0236. The quantitative estimate of drug-likeness (QED) is 0.718. The molecule has 1 rings (SSSR count). The van der Waals surface area contributed by atoms with Crippen molar-refractivity contribution in [3.05, 3.63) is 30.3 Å². The van der Waals surface area contributed by atoms with Crippen molar-refractivity contribution >= 4 is 16.1 Å². The normalized spacial score (nSPS) is 13.4. The van der Waals surface area contributed by atoms with Gasteiger partial charge >= 0.3 is 0 Å². The largest absolute Gasteiger partial charge is 0.303 e. The molecule has 0 spiro atoms. The van der Waals surface area contributed by atoms with Gasteiger partial charge in [-0.25, -0.2) is 8.42 Å². The molecule has 0 aliphatic carbocycles. The van der Waals surface area contributed by atoms with Crippen molar-refractivity contribution in [2.45, 2.75) is 18.2 Å². The fraction of sp³-hybridized carbons (Fsp3) is 0.364. The molecule has 0 heterocycles. The zero-order valence-corrected chi connectivity index (χ0v) is 9.41. The van der Waals surface area contributed by atoms with Gasteiger partial charge in [-0.15, -0.1) is 0 Å². The monoisotopic (exact) mass is 226 g/mol. The highest BCUT2D eigenvalue weighted by molar-refractivity contribution is 7.91. The fourth-order valence-electron chi connectivity index (χ4n) is 1.33. The van der Waals surface area contributed by atoms with Gasteiger partial charge in [0.2, 0.25) is 0 Å². The average molecular weight is 226 g/mol. The lowest BCUT2D eigenvalue weighted by molar-refractivity contribution is -0.108. The van der Waals surface area contributed by atoms with Crippen LogP contribution in [0, 0.1) is 5.92 Å². The van der Waals surface area contributed by atoms with Gasteiger partial charge in [-0.3, -0.25) is 0 Å². The predicted octanol–water partition coefficient (Wildman–Crippen LogP) is 1.69. The van der Waals surface area contributed by atoms with E-state index >= 15 is 0 Å². The molecule has 0 saturated heterocycles. The van der Waals surface area contributed by atoms with E-state index < -0.39 is 9.84 Å². The van der Waals surface area contributed by atoms with Crippen LogP contribution in [0.2, 0.25) is 0 Å². The zero-order chi connectivity index (χ0) is 11.3. The first-order valence-electron chi connectivity index (χ1n) is 4.77. The van der Waals surface area contributed by atoms with Crippen LogP contribution < -0.4 is 0 Å². The maximum absolute atomic E-state index is 11.8. The summed E-state index contributed by atoms with van der Waals surface area (Å²) in [5.74, 6) is -0.108. The summed E-state index contributed by atoms with van der Waals surface area (Å²) < 4.78 is 23.6. The van der Waals surface area contributed by atoms with Gasteiger partial charge in [0.15, 0.2) is 9.84 Å². The van der Waals surface area contributed by atoms with E-state index in [1.807, 2.05) is 0 Å². The highest BCUT2D eigenvalue weighted by Crippen LogP contribution is 2.14. The van der Waals surface area contributed by atoms with Crippen molar-refractivity contribution in [3.8, 4) is 0 Å². The molecular weight excluding hydrogens is 212 g/mol. The summed E-state index contributed by atoms with van der Waals surface area (Å²) in [6.45, 7) is 1.76. The Labute approximate surface area is 90.0 Å². The number of carbonyl (C=O) groups excluding carboxylic acids is 1. The van der Waals surface area contributed by atoms with Crippen LogP contribution >= 0.6 is 0 Å². The Morgan fingerprint density at radius 3 is 2.40 bits per heavy atom. The molecule has 0 aliphatic rings. The number of benzene rings is 1. The van der Waals surface area contributed by atoms with E-state index in [2.05, 4.69) is 0 Å². The third-order valence-electron chi connectivity index (χ3n) is 2.10. The summed E-state index contributed by atoms with van der Waals surface area (Å²) in [7, 11) is -3.24. The van der Waals surface area contributed by atoms with Gasteiger partial charge in [-0.1, -0.05) is 25.1 Å². The van der Waals surface area contributed by atoms with E-state index in [-0.39, 0.29) is 18.1 Å². The van der Waals surface area contributed by atoms with Crippen LogP contribution in [0.4, 0.5) is 0 Å². The van der Waals surface area contributed by atoms with Crippen molar-refractivity contribution in [2.75, 3.05) is 5.75 Å². The highest BCUT2D eigenvalue weighted by atomic mass is 32.2. The van der Waals surface area contributed by atoms with E-state index in [0.29, 0.717) is 4.90 Å². The molecule has 0 fully saturated rings. The third-order valence-corrected chi connectivity index (χ3v) is 4.10. The maximum atomic E-state index is 11.8. The lowest BCUT2D eigenvalue weighted by Gasteiger charge is -2.08. The highest BCUT2D eigenvalue weighted by Gasteiger charge is 2.17. The summed E-state index contributed by atoms with van der Waals surface area (Å²) in [6.07, 6.45) is 1.04. The first kappa shape index (κ1) is 11.9. The minimum Gasteiger partial charge on any atom is -0.303 e. The van der Waals surface area contributed by atoms with Crippen LogP contribution in [0.25, 0.3) is 0 Å². The molecule has 1 aromatic rings. The van der Waals surface area contributed by atoms with Gasteiger partial charge in [0.05, 0.1) is 10.6 Å². The Hall–Kier alpha value is -1.16. The Balaban J connectivity index is 2.81. The Morgan fingerprint density at radius 2 is 1.87 bits per heavy atom. The number of carbonyl (C=O) groups is 1. The first-order valence-corrected chi connectivity index (χ1v) is 6.43. The van der Waals surface area contributed by atoms with Gasteiger partial charge in [0, 0.05) is 6.42 Å². The van der Waals surface area contributed by atoms with Crippen LogP contribution in [0.1, 0.15) is 13.3 Å². The van der Waals surface area contributed by atoms with Crippen LogP contribution in [0.5, 0.6) is 0 Å². The van der Waals surface area contributed by atoms with Crippen LogP contribution in [-0.4, -0.2) is 20.5 Å². The van der Waals surface area contributed by atoms with Crippen molar-refractivity contribution in [1.29, 1.82) is 0 Å². The summed E-state index contributed by atoms with van der Waals surface area (Å²) in [6, 6.07) is 8.30. The lowest BCUT2D eigenvalue weighted by Crippen LogP contribution is -2.14. The number of hydrogen-bond donors (Lipinski definition) is 0. The molecule has 1 unspecified atom stereocenters. The van der Waals surface area contributed by atoms with E-state index in [4.69, 9.17) is 0 Å². The molecule has 0 aliphatic heterocycles. The molecule has 0 bridgehead atoms. The van der Waals surface area contributed by atoms with Gasteiger partial charge < -0.3 is 4.79 Å². The number of hydrogen-bond acceptors (Lipinski definition) is 3. The predicted molar refractivity (Wildman–Crippen MR) is 58.3 cm³/mol. The summed E-state index contributed by atoms with van der Waals surface area (Å²) in [4.78, 5) is 10.6.